The molecule has 0 radical (unpaired) electrons. The van der Waals surface area contributed by atoms with E-state index in [0.717, 1.165) is 22.3 Å². The number of carbonyl (C=O) groups excluding carboxylic acids is 1. The number of rotatable bonds is 3. The van der Waals surface area contributed by atoms with E-state index < -0.39 is 5.63 Å². The maximum absolute atomic E-state index is 12.4. The summed E-state index contributed by atoms with van der Waals surface area (Å²) in [5.41, 5.74) is 3.74. The van der Waals surface area contributed by atoms with Crippen LogP contribution in [0.1, 0.15) is 36.8 Å². The summed E-state index contributed by atoms with van der Waals surface area (Å²) in [4.78, 5) is 23.9. The van der Waals surface area contributed by atoms with Crippen molar-refractivity contribution in [3.05, 3.63) is 51.6 Å². The van der Waals surface area contributed by atoms with Crippen molar-refractivity contribution in [2.45, 2.75) is 40.7 Å². The third kappa shape index (κ3) is 3.33. The van der Waals surface area contributed by atoms with E-state index in [1.165, 1.54) is 6.07 Å². The highest BCUT2D eigenvalue weighted by Crippen LogP contribution is 2.24. The molecule has 3 rings (SSSR count). The molecule has 0 aliphatic heterocycles. The fraction of sp³-hybridized carbons (Fsp3) is 0.316. The maximum atomic E-state index is 12.4. The molecule has 0 unspecified atom stereocenters. The number of anilines is 2. The predicted molar refractivity (Wildman–Crippen MR) is 102 cm³/mol. The van der Waals surface area contributed by atoms with E-state index >= 15 is 0 Å². The number of aryl methyl sites for hydroxylation is 2. The number of aromatic nitrogens is 2. The lowest BCUT2D eigenvalue weighted by molar-refractivity contribution is 0.262. The van der Waals surface area contributed by atoms with Crippen molar-refractivity contribution in [1.82, 2.24) is 9.78 Å². The van der Waals surface area contributed by atoms with Crippen LogP contribution in [0.3, 0.4) is 0 Å². The molecule has 2 amide bonds. The Bertz CT molecular complexity index is 1050. The fourth-order valence-corrected chi connectivity index (χ4v) is 3.03. The molecule has 0 bridgehead atoms. The number of carbonyl (C=O) groups is 1. The summed E-state index contributed by atoms with van der Waals surface area (Å²) in [6, 6.07) is 6.50. The van der Waals surface area contributed by atoms with Crippen molar-refractivity contribution in [1.29, 1.82) is 0 Å². The zero-order valence-electron chi connectivity index (χ0n) is 15.5. The first kappa shape index (κ1) is 17.7. The molecule has 7 nitrogen and oxygen atoms in total. The van der Waals surface area contributed by atoms with Gasteiger partial charge in [-0.3, -0.25) is 4.68 Å². The highest BCUT2D eigenvalue weighted by atomic mass is 16.4. The lowest BCUT2D eigenvalue weighted by Gasteiger charge is -2.10. The lowest BCUT2D eigenvalue weighted by atomic mass is 10.1. The second kappa shape index (κ2) is 6.67. The Morgan fingerprint density at radius 1 is 1.15 bits per heavy atom. The van der Waals surface area contributed by atoms with Gasteiger partial charge in [-0.05, 0) is 52.3 Å². The summed E-state index contributed by atoms with van der Waals surface area (Å²) in [5, 5.41) is 10.9. The highest BCUT2D eigenvalue weighted by molar-refractivity contribution is 6.01. The number of amides is 2. The Hall–Kier alpha value is -3.09. The minimum absolute atomic E-state index is 0.207. The van der Waals surface area contributed by atoms with Crippen LogP contribution in [0.4, 0.5) is 16.2 Å². The van der Waals surface area contributed by atoms with Crippen LogP contribution in [-0.4, -0.2) is 15.8 Å². The number of hydrogen-bond acceptors (Lipinski definition) is 4. The molecule has 0 aliphatic rings. The molecule has 1 aromatic carbocycles. The van der Waals surface area contributed by atoms with Gasteiger partial charge in [0.2, 0.25) is 0 Å². The lowest BCUT2D eigenvalue weighted by Crippen LogP contribution is -2.20. The van der Waals surface area contributed by atoms with Gasteiger partial charge in [0.15, 0.2) is 0 Å². The van der Waals surface area contributed by atoms with Crippen molar-refractivity contribution in [3.63, 3.8) is 0 Å². The fourth-order valence-electron chi connectivity index (χ4n) is 3.03. The SMILES string of the molecule is Cc1nn(C(C)C)c(C)c1NC(=O)Nc1ccc2c(C)cc(=O)oc2c1. The molecular formula is C19H22N4O3. The van der Waals surface area contributed by atoms with Gasteiger partial charge in [0.05, 0.1) is 17.1 Å². The zero-order valence-corrected chi connectivity index (χ0v) is 15.5. The molecule has 7 heteroatoms. The van der Waals surface area contributed by atoms with Crippen LogP contribution in [0, 0.1) is 20.8 Å². The summed E-state index contributed by atoms with van der Waals surface area (Å²) < 4.78 is 7.08. The summed E-state index contributed by atoms with van der Waals surface area (Å²) >= 11 is 0. The quantitative estimate of drug-likeness (QED) is 0.692. The number of hydrogen-bond donors (Lipinski definition) is 2. The summed E-state index contributed by atoms with van der Waals surface area (Å²) in [6.07, 6.45) is 0. The van der Waals surface area contributed by atoms with Crippen LogP contribution in [-0.2, 0) is 0 Å². The van der Waals surface area contributed by atoms with Crippen LogP contribution in [0.5, 0.6) is 0 Å². The predicted octanol–water partition coefficient (Wildman–Crippen LogP) is 4.14. The Morgan fingerprint density at radius 2 is 1.88 bits per heavy atom. The standard InChI is InChI=1S/C19H22N4O3/c1-10(2)23-13(5)18(12(4)22-23)21-19(25)20-14-6-7-15-11(3)8-17(24)26-16(15)9-14/h6-10H,1-5H3,(H2,20,21,25). The van der Waals surface area contributed by atoms with Crippen molar-refractivity contribution < 1.29 is 9.21 Å². The van der Waals surface area contributed by atoms with Crippen LogP contribution < -0.4 is 16.3 Å². The molecule has 26 heavy (non-hydrogen) atoms. The van der Waals surface area contributed by atoms with E-state index in [0.29, 0.717) is 17.0 Å². The van der Waals surface area contributed by atoms with E-state index in [2.05, 4.69) is 15.7 Å². The van der Waals surface area contributed by atoms with Crippen molar-refractivity contribution in [2.24, 2.45) is 0 Å². The molecule has 3 aromatic rings. The summed E-state index contributed by atoms with van der Waals surface area (Å²) in [7, 11) is 0. The molecule has 136 valence electrons. The van der Waals surface area contributed by atoms with Gasteiger partial charge in [-0.25, -0.2) is 9.59 Å². The molecular weight excluding hydrogens is 332 g/mol. The average molecular weight is 354 g/mol. The second-order valence-corrected chi connectivity index (χ2v) is 6.62. The number of fused-ring (bicyclic) bond motifs is 1. The molecule has 2 aromatic heterocycles. The van der Waals surface area contributed by atoms with Crippen LogP contribution in [0.2, 0.25) is 0 Å². The normalized spacial score (nSPS) is 11.2. The monoisotopic (exact) mass is 354 g/mol. The van der Waals surface area contributed by atoms with Gasteiger partial charge in [-0.2, -0.15) is 5.10 Å². The van der Waals surface area contributed by atoms with E-state index in [1.54, 1.807) is 12.1 Å². The van der Waals surface area contributed by atoms with Gasteiger partial charge in [-0.15, -0.1) is 0 Å². The van der Waals surface area contributed by atoms with E-state index in [9.17, 15) is 9.59 Å². The van der Waals surface area contributed by atoms with Crippen molar-refractivity contribution >= 4 is 28.4 Å². The Labute approximate surface area is 151 Å². The molecule has 0 aliphatic carbocycles. The van der Waals surface area contributed by atoms with Gasteiger partial charge >= 0.3 is 11.7 Å². The minimum atomic E-state index is -0.413. The van der Waals surface area contributed by atoms with Crippen molar-refractivity contribution in [3.8, 4) is 0 Å². The molecule has 0 saturated carbocycles. The Kier molecular flexibility index (Phi) is 4.54. The first-order chi connectivity index (χ1) is 12.3. The molecule has 0 fully saturated rings. The van der Waals surface area contributed by atoms with Crippen LogP contribution in [0.15, 0.2) is 33.5 Å². The molecule has 0 spiro atoms. The number of benzene rings is 1. The molecule has 2 heterocycles. The van der Waals surface area contributed by atoms with Crippen LogP contribution >= 0.6 is 0 Å². The van der Waals surface area contributed by atoms with Gasteiger partial charge in [0.1, 0.15) is 5.58 Å². The minimum Gasteiger partial charge on any atom is -0.423 e. The molecule has 0 saturated heterocycles. The van der Waals surface area contributed by atoms with Gasteiger partial charge < -0.3 is 15.1 Å². The summed E-state index contributed by atoms with van der Waals surface area (Å²) in [5.74, 6) is 0. The molecule has 2 N–H and O–H groups in total. The first-order valence-corrected chi connectivity index (χ1v) is 8.44. The average Bonchev–Trinajstić information content (AvgIpc) is 2.82. The third-order valence-electron chi connectivity index (χ3n) is 4.26. The largest absolute Gasteiger partial charge is 0.423 e. The summed E-state index contributed by atoms with van der Waals surface area (Å²) in [6.45, 7) is 9.69. The zero-order chi connectivity index (χ0) is 19.0. The number of nitrogens with zero attached hydrogens (tertiary/aromatic N) is 2. The third-order valence-corrected chi connectivity index (χ3v) is 4.26. The number of urea groups is 1. The van der Waals surface area contributed by atoms with Gasteiger partial charge in [0, 0.05) is 29.2 Å². The van der Waals surface area contributed by atoms with E-state index in [-0.39, 0.29) is 12.1 Å². The van der Waals surface area contributed by atoms with Gasteiger partial charge in [0.25, 0.3) is 0 Å². The topological polar surface area (TPSA) is 89.2 Å². The Balaban J connectivity index is 1.83. The smallest absolute Gasteiger partial charge is 0.336 e. The van der Waals surface area contributed by atoms with Crippen LogP contribution in [0.25, 0.3) is 11.0 Å². The second-order valence-electron chi connectivity index (χ2n) is 6.62. The van der Waals surface area contributed by atoms with E-state index in [1.807, 2.05) is 45.4 Å². The highest BCUT2D eigenvalue weighted by Gasteiger charge is 2.16. The van der Waals surface area contributed by atoms with Gasteiger partial charge in [-0.1, -0.05) is 0 Å². The van der Waals surface area contributed by atoms with E-state index in [4.69, 9.17) is 4.42 Å². The number of nitrogens with one attached hydrogen (secondary N) is 2. The first-order valence-electron chi connectivity index (χ1n) is 8.44. The maximum Gasteiger partial charge on any atom is 0.336 e. The molecule has 0 atom stereocenters. The Morgan fingerprint density at radius 3 is 2.54 bits per heavy atom. The van der Waals surface area contributed by atoms with Crippen molar-refractivity contribution in [2.75, 3.05) is 10.6 Å².